The predicted molar refractivity (Wildman–Crippen MR) is 124 cm³/mol. The van der Waals surface area contributed by atoms with Crippen molar-refractivity contribution < 1.29 is 4.42 Å². The summed E-state index contributed by atoms with van der Waals surface area (Å²) in [5.74, 6) is 1.27. The van der Waals surface area contributed by atoms with Crippen LogP contribution in [-0.4, -0.2) is 19.7 Å². The van der Waals surface area contributed by atoms with Crippen molar-refractivity contribution in [3.63, 3.8) is 0 Å². The average Bonchev–Trinajstić information content (AvgIpc) is 3.48. The highest BCUT2D eigenvalue weighted by Crippen LogP contribution is 2.37. The zero-order valence-electron chi connectivity index (χ0n) is 15.6. The zero-order chi connectivity index (χ0) is 20.7. The van der Waals surface area contributed by atoms with Crippen molar-refractivity contribution in [2.75, 3.05) is 0 Å². The lowest BCUT2D eigenvalue weighted by Gasteiger charge is -2.08. The molecule has 1 aromatic carbocycles. The van der Waals surface area contributed by atoms with Gasteiger partial charge in [0.15, 0.2) is 8.29 Å². The molecule has 0 saturated carbocycles. The second-order valence-electron chi connectivity index (χ2n) is 6.40. The number of hydrogen-bond acceptors (Lipinski definition) is 8. The van der Waals surface area contributed by atoms with Crippen molar-refractivity contribution in [1.29, 1.82) is 0 Å². The maximum atomic E-state index is 12.8. The first-order valence-corrected chi connectivity index (χ1v) is 12.0. The van der Waals surface area contributed by atoms with Gasteiger partial charge in [0.25, 0.3) is 5.56 Å². The van der Waals surface area contributed by atoms with Crippen LogP contribution in [0.25, 0.3) is 27.2 Å². The molecule has 0 aliphatic heterocycles. The molecule has 1 N–H and O–H groups in total. The lowest BCUT2D eigenvalue weighted by molar-refractivity contribution is 0.583. The Morgan fingerprint density at radius 2 is 2.07 bits per heavy atom. The number of benzene rings is 1. The summed E-state index contributed by atoms with van der Waals surface area (Å²) in [6, 6.07) is 13.4. The highest BCUT2D eigenvalue weighted by molar-refractivity contribution is 8.01. The molecular formula is C20H14N4O2S4. The van der Waals surface area contributed by atoms with Crippen molar-refractivity contribution in [2.24, 2.45) is 0 Å². The zero-order valence-corrected chi connectivity index (χ0v) is 18.8. The molecule has 0 bridgehead atoms. The van der Waals surface area contributed by atoms with E-state index in [0.29, 0.717) is 25.8 Å². The molecule has 1 unspecified atom stereocenters. The Balaban J connectivity index is 1.45. The molecule has 0 aliphatic rings. The Hall–Kier alpha value is -2.53. The topological polar surface area (TPSA) is 76.7 Å². The number of nitrogens with zero attached hydrogens (tertiary/aromatic N) is 3. The summed E-state index contributed by atoms with van der Waals surface area (Å²) in [5, 5.41) is 6.99. The molecule has 4 aromatic heterocycles. The smallest absolute Gasteiger partial charge is 0.260 e. The largest absolute Gasteiger partial charge is 0.464 e. The van der Waals surface area contributed by atoms with Gasteiger partial charge < -0.3 is 9.40 Å². The number of aromatic amines is 1. The quantitative estimate of drug-likeness (QED) is 0.248. The van der Waals surface area contributed by atoms with Crippen molar-refractivity contribution in [2.45, 2.75) is 16.5 Å². The molecule has 5 aromatic rings. The molecule has 4 heterocycles. The highest BCUT2D eigenvalue weighted by Gasteiger charge is 2.19. The van der Waals surface area contributed by atoms with Crippen LogP contribution in [0.3, 0.4) is 0 Å². The van der Waals surface area contributed by atoms with Crippen molar-refractivity contribution in [3.8, 4) is 17.0 Å². The normalized spacial score (nSPS) is 12.4. The van der Waals surface area contributed by atoms with Gasteiger partial charge in [-0.25, -0.2) is 9.67 Å². The molecule has 5 rings (SSSR count). The molecule has 150 valence electrons. The lowest BCUT2D eigenvalue weighted by atomic mass is 10.2. The molecule has 6 nitrogen and oxygen atoms in total. The summed E-state index contributed by atoms with van der Waals surface area (Å²) in [4.78, 5) is 21.1. The number of thiophene rings is 1. The summed E-state index contributed by atoms with van der Waals surface area (Å²) >= 11 is 9.87. The first kappa shape index (κ1) is 19.4. The Morgan fingerprint density at radius 3 is 2.83 bits per heavy atom. The number of furan rings is 1. The van der Waals surface area contributed by atoms with E-state index in [1.165, 1.54) is 34.4 Å². The predicted octanol–water partition coefficient (Wildman–Crippen LogP) is 6.07. The number of rotatable bonds is 5. The fraction of sp³-hybridized carbons (Fsp3) is 0.100. The fourth-order valence-corrected chi connectivity index (χ4v) is 6.52. The summed E-state index contributed by atoms with van der Waals surface area (Å²) in [7, 11) is 0. The Labute approximate surface area is 188 Å². The van der Waals surface area contributed by atoms with Crippen LogP contribution in [0, 0.1) is 3.95 Å². The minimum atomic E-state index is -0.169. The second-order valence-corrected chi connectivity index (χ2v) is 10.5. The molecule has 0 spiro atoms. The van der Waals surface area contributed by atoms with Crippen LogP contribution in [0.1, 0.15) is 18.0 Å². The van der Waals surface area contributed by atoms with Crippen molar-refractivity contribution in [1.82, 2.24) is 19.7 Å². The third kappa shape index (κ3) is 3.56. The number of para-hydroxylation sites is 1. The van der Waals surface area contributed by atoms with Crippen LogP contribution in [-0.2, 0) is 0 Å². The molecule has 30 heavy (non-hydrogen) atoms. The molecule has 0 saturated heterocycles. The van der Waals surface area contributed by atoms with Gasteiger partial charge in [-0.1, -0.05) is 41.3 Å². The van der Waals surface area contributed by atoms with Crippen molar-refractivity contribution in [3.05, 3.63) is 74.2 Å². The van der Waals surface area contributed by atoms with Gasteiger partial charge in [-0.2, -0.15) is 0 Å². The van der Waals surface area contributed by atoms with Crippen LogP contribution in [0.5, 0.6) is 0 Å². The first-order valence-electron chi connectivity index (χ1n) is 8.97. The maximum Gasteiger partial charge on any atom is 0.260 e. The number of H-pyrrole nitrogens is 1. The Kier molecular flexibility index (Phi) is 5.15. The minimum Gasteiger partial charge on any atom is -0.464 e. The average molecular weight is 471 g/mol. The summed E-state index contributed by atoms with van der Waals surface area (Å²) in [6.07, 6.45) is 1.59. The molecule has 0 aliphatic carbocycles. The van der Waals surface area contributed by atoms with E-state index in [2.05, 4.69) is 10.1 Å². The maximum absolute atomic E-state index is 12.8. The van der Waals surface area contributed by atoms with Crippen LogP contribution in [0.2, 0.25) is 0 Å². The van der Waals surface area contributed by atoms with E-state index >= 15 is 0 Å². The van der Waals surface area contributed by atoms with E-state index in [9.17, 15) is 4.79 Å². The van der Waals surface area contributed by atoms with Gasteiger partial charge in [0.1, 0.15) is 16.4 Å². The van der Waals surface area contributed by atoms with Gasteiger partial charge in [0.2, 0.25) is 0 Å². The number of nitrogens with one attached hydrogen (secondary N) is 1. The minimum absolute atomic E-state index is 0.0963. The Morgan fingerprint density at radius 1 is 1.23 bits per heavy atom. The van der Waals surface area contributed by atoms with Crippen LogP contribution in [0.15, 0.2) is 67.7 Å². The highest BCUT2D eigenvalue weighted by atomic mass is 32.2. The standard InChI is InChI=1S/C20H14N4O2S4/c1-11(29-19-23-24(20(27)30-19)12-6-3-2-4-7-12)16-21-17(25)15-13(10-28-18(15)22-16)14-8-5-9-26-14/h2-11H,1H3,(H,21,22,25). The monoisotopic (exact) mass is 470 g/mol. The number of aromatic nitrogens is 4. The van der Waals surface area contributed by atoms with Crippen LogP contribution in [0.4, 0.5) is 0 Å². The molecule has 0 radical (unpaired) electrons. The van der Waals surface area contributed by atoms with E-state index in [0.717, 1.165) is 15.6 Å². The van der Waals surface area contributed by atoms with E-state index in [1.807, 2.05) is 48.7 Å². The van der Waals surface area contributed by atoms with Gasteiger partial charge in [-0.05, 0) is 43.4 Å². The van der Waals surface area contributed by atoms with E-state index in [-0.39, 0.29) is 10.8 Å². The first-order chi connectivity index (χ1) is 14.6. The number of thioether (sulfide) groups is 1. The third-order valence-corrected chi connectivity index (χ3v) is 7.74. The molecular weight excluding hydrogens is 457 g/mol. The van der Waals surface area contributed by atoms with Gasteiger partial charge in [0.05, 0.1) is 22.6 Å². The van der Waals surface area contributed by atoms with Crippen LogP contribution >= 0.6 is 46.7 Å². The SMILES string of the molecule is CC(Sc1nn(-c2ccccc2)c(=S)s1)c1nc2scc(-c3ccco3)c2c(=O)[nH]1. The summed E-state index contributed by atoms with van der Waals surface area (Å²) in [5.41, 5.74) is 1.52. The molecule has 10 heteroatoms. The lowest BCUT2D eigenvalue weighted by Crippen LogP contribution is -2.12. The molecule has 0 amide bonds. The number of fused-ring (bicyclic) bond motifs is 1. The van der Waals surface area contributed by atoms with Crippen molar-refractivity contribution >= 4 is 56.9 Å². The molecule has 0 fully saturated rings. The van der Waals surface area contributed by atoms with E-state index in [1.54, 1.807) is 17.0 Å². The Bertz CT molecular complexity index is 1430. The summed E-state index contributed by atoms with van der Waals surface area (Å²) in [6.45, 7) is 1.99. The second kappa shape index (κ2) is 7.95. The number of hydrogen-bond donors (Lipinski definition) is 1. The van der Waals surface area contributed by atoms with Gasteiger partial charge in [0, 0.05) is 10.9 Å². The van der Waals surface area contributed by atoms with E-state index in [4.69, 9.17) is 21.6 Å². The van der Waals surface area contributed by atoms with Gasteiger partial charge >= 0.3 is 0 Å². The third-order valence-electron chi connectivity index (χ3n) is 4.44. The molecule has 1 atom stereocenters. The summed E-state index contributed by atoms with van der Waals surface area (Å²) < 4.78 is 8.70. The van der Waals surface area contributed by atoms with Gasteiger partial charge in [-0.15, -0.1) is 16.4 Å². The van der Waals surface area contributed by atoms with Crippen LogP contribution < -0.4 is 5.56 Å². The van der Waals surface area contributed by atoms with E-state index < -0.39 is 0 Å². The van der Waals surface area contributed by atoms with Gasteiger partial charge in [-0.3, -0.25) is 4.79 Å². The fourth-order valence-electron chi connectivity index (χ4n) is 3.02.